The van der Waals surface area contributed by atoms with Crippen molar-refractivity contribution >= 4 is 11.6 Å². The van der Waals surface area contributed by atoms with Crippen LogP contribution in [0, 0.1) is 11.3 Å². The summed E-state index contributed by atoms with van der Waals surface area (Å²) < 4.78 is 5.38. The van der Waals surface area contributed by atoms with Gasteiger partial charge in [0, 0.05) is 30.8 Å². The molecule has 25 heavy (non-hydrogen) atoms. The van der Waals surface area contributed by atoms with Crippen LogP contribution in [0.3, 0.4) is 0 Å². The van der Waals surface area contributed by atoms with Gasteiger partial charge in [-0.3, -0.25) is 9.78 Å². The SMILES string of the molecule is CCOc1ccc(C(=O)Nc2cnc3c(c2)CN(C)CC3)cc1C#N. The number of nitrogens with one attached hydrogen (secondary N) is 1. The van der Waals surface area contributed by atoms with E-state index in [4.69, 9.17) is 4.74 Å². The number of anilines is 1. The van der Waals surface area contributed by atoms with Crippen molar-refractivity contribution in [2.24, 2.45) is 0 Å². The van der Waals surface area contributed by atoms with Gasteiger partial charge in [0.05, 0.1) is 24.1 Å². The van der Waals surface area contributed by atoms with Gasteiger partial charge >= 0.3 is 0 Å². The van der Waals surface area contributed by atoms with E-state index in [2.05, 4.69) is 28.3 Å². The first-order valence-electron chi connectivity index (χ1n) is 8.25. The van der Waals surface area contributed by atoms with E-state index in [0.29, 0.717) is 29.2 Å². The van der Waals surface area contributed by atoms with Crippen molar-refractivity contribution in [2.45, 2.75) is 19.9 Å². The number of carbonyl (C=O) groups is 1. The Labute approximate surface area is 147 Å². The highest BCUT2D eigenvalue weighted by Crippen LogP contribution is 2.22. The molecule has 2 heterocycles. The van der Waals surface area contributed by atoms with E-state index >= 15 is 0 Å². The van der Waals surface area contributed by atoms with Gasteiger partial charge in [0.2, 0.25) is 0 Å². The molecule has 6 heteroatoms. The number of benzene rings is 1. The lowest BCUT2D eigenvalue weighted by molar-refractivity contribution is 0.102. The number of pyridine rings is 1. The first-order valence-corrected chi connectivity index (χ1v) is 8.25. The van der Waals surface area contributed by atoms with Gasteiger partial charge in [-0.2, -0.15) is 5.26 Å². The van der Waals surface area contributed by atoms with E-state index in [1.807, 2.05) is 13.0 Å². The smallest absolute Gasteiger partial charge is 0.255 e. The Morgan fingerprint density at radius 2 is 2.28 bits per heavy atom. The van der Waals surface area contributed by atoms with Gasteiger partial charge in [0.15, 0.2) is 0 Å². The maximum Gasteiger partial charge on any atom is 0.255 e. The molecular weight excluding hydrogens is 316 g/mol. The molecule has 1 aliphatic heterocycles. The van der Waals surface area contributed by atoms with Gasteiger partial charge in [-0.25, -0.2) is 0 Å². The van der Waals surface area contributed by atoms with Crippen LogP contribution >= 0.6 is 0 Å². The largest absolute Gasteiger partial charge is 0.492 e. The van der Waals surface area contributed by atoms with Crippen LogP contribution in [0.25, 0.3) is 0 Å². The topological polar surface area (TPSA) is 78.2 Å². The highest BCUT2D eigenvalue weighted by Gasteiger charge is 2.16. The van der Waals surface area contributed by atoms with Crippen LogP contribution in [-0.4, -0.2) is 36.0 Å². The number of nitriles is 1. The first-order chi connectivity index (χ1) is 12.1. The first kappa shape index (κ1) is 16.9. The van der Waals surface area contributed by atoms with Crippen molar-refractivity contribution in [3.05, 3.63) is 52.8 Å². The summed E-state index contributed by atoms with van der Waals surface area (Å²) in [7, 11) is 2.07. The quantitative estimate of drug-likeness (QED) is 0.928. The predicted octanol–water partition coefficient (Wildman–Crippen LogP) is 2.59. The van der Waals surface area contributed by atoms with Gasteiger partial charge in [0.1, 0.15) is 11.8 Å². The van der Waals surface area contributed by atoms with Crippen molar-refractivity contribution in [3.63, 3.8) is 0 Å². The number of aromatic nitrogens is 1. The minimum absolute atomic E-state index is 0.273. The number of ether oxygens (including phenoxy) is 1. The number of nitrogens with zero attached hydrogens (tertiary/aromatic N) is 3. The zero-order chi connectivity index (χ0) is 17.8. The highest BCUT2D eigenvalue weighted by molar-refractivity contribution is 6.04. The van der Waals surface area contributed by atoms with E-state index in [9.17, 15) is 10.1 Å². The minimum atomic E-state index is -0.273. The van der Waals surface area contributed by atoms with Crippen LogP contribution in [0.5, 0.6) is 5.75 Å². The Hall–Kier alpha value is -2.91. The third kappa shape index (κ3) is 3.78. The molecular formula is C19H20N4O2. The summed E-state index contributed by atoms with van der Waals surface area (Å²) in [6, 6.07) is 8.88. The number of amides is 1. The van der Waals surface area contributed by atoms with Crippen LogP contribution in [0.1, 0.15) is 34.1 Å². The lowest BCUT2D eigenvalue weighted by atomic mass is 10.1. The van der Waals surface area contributed by atoms with Crippen LogP contribution in [0.2, 0.25) is 0 Å². The average molecular weight is 336 g/mol. The summed E-state index contributed by atoms with van der Waals surface area (Å²) >= 11 is 0. The molecule has 1 aromatic carbocycles. The second-order valence-electron chi connectivity index (χ2n) is 6.03. The standard InChI is InChI=1S/C19H20N4O2/c1-3-25-18-5-4-13(8-14(18)10-20)19(24)22-16-9-15-12-23(2)7-6-17(15)21-11-16/h4-5,8-9,11H,3,6-7,12H2,1-2H3,(H,22,24). The minimum Gasteiger partial charge on any atom is -0.492 e. The molecule has 0 bridgehead atoms. The molecule has 0 saturated carbocycles. The fraction of sp³-hybridized carbons (Fsp3) is 0.316. The molecule has 0 saturated heterocycles. The zero-order valence-corrected chi connectivity index (χ0v) is 14.4. The lowest BCUT2D eigenvalue weighted by Crippen LogP contribution is -2.27. The van der Waals surface area contributed by atoms with E-state index < -0.39 is 0 Å². The zero-order valence-electron chi connectivity index (χ0n) is 14.4. The molecule has 3 rings (SSSR count). The Balaban J connectivity index is 1.79. The molecule has 0 spiro atoms. The fourth-order valence-corrected chi connectivity index (χ4v) is 2.88. The summed E-state index contributed by atoms with van der Waals surface area (Å²) in [6.07, 6.45) is 2.60. The van der Waals surface area contributed by atoms with Gasteiger partial charge < -0.3 is 15.0 Å². The summed E-state index contributed by atoms with van der Waals surface area (Å²) in [5.74, 6) is 0.213. The molecule has 0 aliphatic carbocycles. The molecule has 1 amide bonds. The number of rotatable bonds is 4. The van der Waals surface area contributed by atoms with Crippen LogP contribution in [0.4, 0.5) is 5.69 Å². The van der Waals surface area contributed by atoms with Gasteiger partial charge in [-0.15, -0.1) is 0 Å². The molecule has 0 atom stereocenters. The monoisotopic (exact) mass is 336 g/mol. The average Bonchev–Trinajstić information content (AvgIpc) is 2.61. The summed E-state index contributed by atoms with van der Waals surface area (Å²) in [5.41, 5.74) is 3.64. The molecule has 0 radical (unpaired) electrons. The third-order valence-electron chi connectivity index (χ3n) is 4.15. The number of fused-ring (bicyclic) bond motifs is 1. The Morgan fingerprint density at radius 1 is 1.44 bits per heavy atom. The van der Waals surface area contributed by atoms with Gasteiger partial charge in [-0.05, 0) is 43.8 Å². The molecule has 128 valence electrons. The third-order valence-corrected chi connectivity index (χ3v) is 4.15. The predicted molar refractivity (Wildman–Crippen MR) is 94.6 cm³/mol. The van der Waals surface area contributed by atoms with Crippen molar-refractivity contribution in [3.8, 4) is 11.8 Å². The van der Waals surface area contributed by atoms with E-state index in [1.54, 1.807) is 24.4 Å². The van der Waals surface area contributed by atoms with Crippen molar-refractivity contribution in [1.29, 1.82) is 5.26 Å². The van der Waals surface area contributed by atoms with Crippen LogP contribution in [-0.2, 0) is 13.0 Å². The second-order valence-corrected chi connectivity index (χ2v) is 6.03. The normalized spacial score (nSPS) is 13.6. The van der Waals surface area contributed by atoms with E-state index in [0.717, 1.165) is 30.8 Å². The number of carbonyl (C=O) groups excluding carboxylic acids is 1. The maximum atomic E-state index is 12.5. The summed E-state index contributed by atoms with van der Waals surface area (Å²) in [5, 5.41) is 12.1. The molecule has 0 unspecified atom stereocenters. The molecule has 1 aliphatic rings. The van der Waals surface area contributed by atoms with Crippen LogP contribution in [0.15, 0.2) is 30.5 Å². The van der Waals surface area contributed by atoms with Crippen molar-refractivity contribution < 1.29 is 9.53 Å². The summed E-state index contributed by atoms with van der Waals surface area (Å²) in [6.45, 7) is 4.14. The van der Waals surface area contributed by atoms with Crippen molar-refractivity contribution in [2.75, 3.05) is 25.5 Å². The van der Waals surface area contributed by atoms with Gasteiger partial charge in [0.25, 0.3) is 5.91 Å². The highest BCUT2D eigenvalue weighted by atomic mass is 16.5. The van der Waals surface area contributed by atoms with E-state index in [1.165, 1.54) is 0 Å². The molecule has 0 fully saturated rings. The number of likely N-dealkylation sites (N-methyl/N-ethyl adjacent to an activating group) is 1. The van der Waals surface area contributed by atoms with Gasteiger partial charge in [-0.1, -0.05) is 0 Å². The van der Waals surface area contributed by atoms with Crippen molar-refractivity contribution in [1.82, 2.24) is 9.88 Å². The number of hydrogen-bond donors (Lipinski definition) is 1. The Bertz CT molecular complexity index is 842. The Morgan fingerprint density at radius 3 is 3.04 bits per heavy atom. The van der Waals surface area contributed by atoms with Crippen LogP contribution < -0.4 is 10.1 Å². The lowest BCUT2D eigenvalue weighted by Gasteiger charge is -2.24. The molecule has 1 N–H and O–H groups in total. The van der Waals surface area contributed by atoms with E-state index in [-0.39, 0.29) is 5.91 Å². The Kier molecular flexibility index (Phi) is 4.96. The molecule has 6 nitrogen and oxygen atoms in total. The maximum absolute atomic E-state index is 12.5. The molecule has 1 aromatic heterocycles. The fourth-order valence-electron chi connectivity index (χ4n) is 2.88. The summed E-state index contributed by atoms with van der Waals surface area (Å²) in [4.78, 5) is 19.2. The second kappa shape index (κ2) is 7.32. The number of hydrogen-bond acceptors (Lipinski definition) is 5. The molecule has 2 aromatic rings.